The van der Waals surface area contributed by atoms with Crippen LogP contribution in [0.4, 0.5) is 0 Å². The second kappa shape index (κ2) is 7.53. The van der Waals surface area contributed by atoms with Crippen molar-refractivity contribution < 1.29 is 14.3 Å². The monoisotopic (exact) mass is 345 g/mol. The van der Waals surface area contributed by atoms with E-state index in [0.29, 0.717) is 24.1 Å². The number of nitrogens with one attached hydrogen (secondary N) is 1. The number of ether oxygens (including phenoxy) is 2. The lowest BCUT2D eigenvalue weighted by Crippen LogP contribution is -2.41. The van der Waals surface area contributed by atoms with Gasteiger partial charge in [-0.2, -0.15) is 0 Å². The normalized spacial score (nSPS) is 15.8. The lowest BCUT2D eigenvalue weighted by molar-refractivity contribution is -0.119. The summed E-state index contributed by atoms with van der Waals surface area (Å²) < 4.78 is 11.4. The number of thioether (sulfide) groups is 1. The molecule has 0 bridgehead atoms. The zero-order chi connectivity index (χ0) is 16.9. The fourth-order valence-electron chi connectivity index (χ4n) is 2.33. The minimum Gasteiger partial charge on any atom is -0.486 e. The number of hydrogen-bond donors (Lipinski definition) is 1. The maximum Gasteiger partial charge on any atom is 0.230 e. The van der Waals surface area contributed by atoms with Crippen LogP contribution in [-0.4, -0.2) is 40.9 Å². The van der Waals surface area contributed by atoms with Gasteiger partial charge in [0, 0.05) is 11.4 Å². The van der Waals surface area contributed by atoms with Crippen molar-refractivity contribution >= 4 is 17.7 Å². The molecule has 24 heavy (non-hydrogen) atoms. The van der Waals surface area contributed by atoms with E-state index in [9.17, 15) is 4.79 Å². The number of carbonyl (C=O) groups excluding carboxylic acids is 1. The summed E-state index contributed by atoms with van der Waals surface area (Å²) in [4.78, 5) is 20.6. The predicted molar refractivity (Wildman–Crippen MR) is 91.6 cm³/mol. The van der Waals surface area contributed by atoms with Gasteiger partial charge in [-0.3, -0.25) is 4.79 Å². The zero-order valence-electron chi connectivity index (χ0n) is 13.6. The van der Waals surface area contributed by atoms with Crippen LogP contribution in [0.1, 0.15) is 11.4 Å². The molecular formula is C17H19N3O3S. The molecule has 2 heterocycles. The number of carbonyl (C=O) groups is 1. The predicted octanol–water partition coefficient (Wildman–Crippen LogP) is 2.14. The second-order valence-electron chi connectivity index (χ2n) is 5.52. The smallest absolute Gasteiger partial charge is 0.230 e. The molecule has 0 saturated carbocycles. The Kier molecular flexibility index (Phi) is 5.20. The van der Waals surface area contributed by atoms with Crippen molar-refractivity contribution in [3.8, 4) is 11.5 Å². The topological polar surface area (TPSA) is 73.3 Å². The van der Waals surface area contributed by atoms with Gasteiger partial charge < -0.3 is 14.8 Å². The van der Waals surface area contributed by atoms with E-state index in [1.807, 2.05) is 44.2 Å². The van der Waals surface area contributed by atoms with Crippen molar-refractivity contribution in [1.82, 2.24) is 15.3 Å². The molecule has 0 aliphatic carbocycles. The van der Waals surface area contributed by atoms with Crippen LogP contribution >= 0.6 is 11.8 Å². The minimum absolute atomic E-state index is 0.0785. The highest BCUT2D eigenvalue weighted by Gasteiger charge is 2.21. The number of rotatable bonds is 5. The number of aromatic nitrogens is 2. The van der Waals surface area contributed by atoms with Crippen LogP contribution in [0.3, 0.4) is 0 Å². The highest BCUT2D eigenvalue weighted by molar-refractivity contribution is 7.99. The third-order valence-electron chi connectivity index (χ3n) is 3.39. The molecule has 2 aromatic rings. The van der Waals surface area contributed by atoms with Gasteiger partial charge >= 0.3 is 0 Å². The molecule has 0 fully saturated rings. The zero-order valence-corrected chi connectivity index (χ0v) is 14.4. The van der Waals surface area contributed by atoms with Crippen molar-refractivity contribution in [2.24, 2.45) is 0 Å². The Labute approximate surface area is 145 Å². The molecule has 1 aromatic carbocycles. The molecule has 7 heteroatoms. The summed E-state index contributed by atoms with van der Waals surface area (Å²) in [6.07, 6.45) is -0.189. The molecule has 1 aliphatic rings. The van der Waals surface area contributed by atoms with E-state index >= 15 is 0 Å². The summed E-state index contributed by atoms with van der Waals surface area (Å²) in [7, 11) is 0. The van der Waals surface area contributed by atoms with Crippen molar-refractivity contribution in [2.45, 2.75) is 25.1 Å². The molecule has 1 aliphatic heterocycles. The SMILES string of the molecule is Cc1cc(C)nc(SCC(=O)NC[C@@H]2COc3ccccc3O2)n1. The molecule has 6 nitrogen and oxygen atoms in total. The van der Waals surface area contributed by atoms with Crippen LogP contribution in [0.2, 0.25) is 0 Å². The van der Waals surface area contributed by atoms with Gasteiger partial charge in [0.1, 0.15) is 12.7 Å². The van der Waals surface area contributed by atoms with E-state index in [1.165, 1.54) is 11.8 Å². The lowest BCUT2D eigenvalue weighted by atomic mass is 10.2. The molecule has 0 spiro atoms. The molecule has 1 aromatic heterocycles. The van der Waals surface area contributed by atoms with Gasteiger partial charge in [-0.05, 0) is 32.0 Å². The molecule has 1 amide bonds. The lowest BCUT2D eigenvalue weighted by Gasteiger charge is -2.26. The number of amides is 1. The number of benzene rings is 1. The molecule has 1 atom stereocenters. The van der Waals surface area contributed by atoms with E-state index in [-0.39, 0.29) is 17.8 Å². The summed E-state index contributed by atoms with van der Waals surface area (Å²) in [6, 6.07) is 9.42. The third kappa shape index (κ3) is 4.38. The van der Waals surface area contributed by atoms with Crippen molar-refractivity contribution in [3.05, 3.63) is 41.7 Å². The van der Waals surface area contributed by atoms with Gasteiger partial charge in [0.2, 0.25) is 5.91 Å². The van der Waals surface area contributed by atoms with Crippen molar-refractivity contribution in [3.63, 3.8) is 0 Å². The fourth-order valence-corrected chi connectivity index (χ4v) is 3.11. The Bertz CT molecular complexity index is 719. The van der Waals surface area contributed by atoms with Crippen LogP contribution in [0.15, 0.2) is 35.5 Å². The highest BCUT2D eigenvalue weighted by atomic mass is 32.2. The van der Waals surface area contributed by atoms with E-state index in [0.717, 1.165) is 17.1 Å². The first-order chi connectivity index (χ1) is 11.6. The number of fused-ring (bicyclic) bond motifs is 1. The van der Waals surface area contributed by atoms with Gasteiger partial charge in [0.25, 0.3) is 0 Å². The molecule has 0 unspecified atom stereocenters. The average Bonchev–Trinajstić information content (AvgIpc) is 2.57. The summed E-state index contributed by atoms with van der Waals surface area (Å²) in [5.74, 6) is 1.64. The van der Waals surface area contributed by atoms with Crippen LogP contribution < -0.4 is 14.8 Å². The Morgan fingerprint density at radius 1 is 1.25 bits per heavy atom. The third-order valence-corrected chi connectivity index (χ3v) is 4.24. The first-order valence-electron chi connectivity index (χ1n) is 7.70. The summed E-state index contributed by atoms with van der Waals surface area (Å²) in [5, 5.41) is 3.48. The van der Waals surface area contributed by atoms with Gasteiger partial charge in [-0.25, -0.2) is 9.97 Å². The van der Waals surface area contributed by atoms with Crippen LogP contribution in [0.25, 0.3) is 0 Å². The average molecular weight is 345 g/mol. The standard InChI is InChI=1S/C17H19N3O3S/c1-11-7-12(2)20-17(19-11)24-10-16(21)18-8-13-9-22-14-5-3-4-6-15(14)23-13/h3-7,13H,8-10H2,1-2H3,(H,18,21)/t13-/m1/s1. The van der Waals surface area contributed by atoms with Crippen LogP contribution in [-0.2, 0) is 4.79 Å². The molecule has 126 valence electrons. The maximum absolute atomic E-state index is 12.0. The first kappa shape index (κ1) is 16.6. The Balaban J connectivity index is 1.45. The van der Waals surface area contributed by atoms with E-state index in [2.05, 4.69) is 15.3 Å². The Morgan fingerprint density at radius 3 is 2.71 bits per heavy atom. The van der Waals surface area contributed by atoms with Gasteiger partial charge in [0.15, 0.2) is 16.7 Å². The van der Waals surface area contributed by atoms with E-state index in [4.69, 9.17) is 9.47 Å². The molecule has 0 saturated heterocycles. The summed E-state index contributed by atoms with van der Waals surface area (Å²) in [6.45, 7) is 4.65. The largest absolute Gasteiger partial charge is 0.486 e. The first-order valence-corrected chi connectivity index (χ1v) is 8.69. The maximum atomic E-state index is 12.0. The van der Waals surface area contributed by atoms with E-state index in [1.54, 1.807) is 0 Å². The number of aryl methyl sites for hydroxylation is 2. The highest BCUT2D eigenvalue weighted by Crippen LogP contribution is 2.30. The molecule has 1 N–H and O–H groups in total. The molecule has 0 radical (unpaired) electrons. The van der Waals surface area contributed by atoms with Crippen molar-refractivity contribution in [1.29, 1.82) is 0 Å². The number of para-hydroxylation sites is 2. The second-order valence-corrected chi connectivity index (χ2v) is 6.47. The van der Waals surface area contributed by atoms with E-state index < -0.39 is 0 Å². The fraction of sp³-hybridized carbons (Fsp3) is 0.353. The number of hydrogen-bond acceptors (Lipinski definition) is 6. The van der Waals surface area contributed by atoms with Gasteiger partial charge in [-0.1, -0.05) is 23.9 Å². The molecular weight excluding hydrogens is 326 g/mol. The Morgan fingerprint density at radius 2 is 1.96 bits per heavy atom. The number of nitrogens with zero attached hydrogens (tertiary/aromatic N) is 2. The van der Waals surface area contributed by atoms with Crippen LogP contribution in [0, 0.1) is 13.8 Å². The van der Waals surface area contributed by atoms with Gasteiger partial charge in [-0.15, -0.1) is 0 Å². The van der Waals surface area contributed by atoms with Crippen molar-refractivity contribution in [2.75, 3.05) is 18.9 Å². The van der Waals surface area contributed by atoms with Gasteiger partial charge in [0.05, 0.1) is 12.3 Å². The quantitative estimate of drug-likeness (QED) is 0.661. The minimum atomic E-state index is -0.189. The summed E-state index contributed by atoms with van der Waals surface area (Å²) in [5.41, 5.74) is 1.80. The Hall–Kier alpha value is -2.28. The summed E-state index contributed by atoms with van der Waals surface area (Å²) >= 11 is 1.33. The van der Waals surface area contributed by atoms with Crippen LogP contribution in [0.5, 0.6) is 11.5 Å². The molecule has 3 rings (SSSR count).